The first kappa shape index (κ1) is 76.4. The zero-order chi connectivity index (χ0) is 80.0. The van der Waals surface area contributed by atoms with E-state index in [4.69, 9.17) is 9.31 Å². The van der Waals surface area contributed by atoms with Crippen molar-refractivity contribution in [3.8, 4) is 101 Å². The molecule has 0 aromatic heterocycles. The first-order valence-corrected chi connectivity index (χ1v) is 40.0. The van der Waals surface area contributed by atoms with Gasteiger partial charge in [-0.2, -0.15) is 43.2 Å². The average Bonchev–Trinajstić information content (AvgIpc) is 1.60. The molecule has 8 nitrogen and oxygen atoms in total. The Hall–Kier alpha value is -12.6. The third-order valence-corrected chi connectivity index (χ3v) is 23.3. The Morgan fingerprint density at radius 1 is 0.235 bits per heavy atom. The lowest BCUT2D eigenvalue weighted by Gasteiger charge is -2.32. The van der Waals surface area contributed by atoms with E-state index in [9.17, 15) is 43.2 Å². The third-order valence-electron chi connectivity index (χ3n) is 21.3. The fourth-order valence-electron chi connectivity index (χ4n) is 14.8. The summed E-state index contributed by atoms with van der Waals surface area (Å²) in [6.45, 7) is 8.33. The van der Waals surface area contributed by atoms with Gasteiger partial charge in [-0.05, 0) is 266 Å². The van der Waals surface area contributed by atoms with E-state index in [-0.39, 0.29) is 29.1 Å². The van der Waals surface area contributed by atoms with Crippen molar-refractivity contribution in [2.75, 3.05) is 0 Å². The molecule has 0 amide bonds. The Morgan fingerprint density at radius 3 is 0.739 bits per heavy atom. The van der Waals surface area contributed by atoms with Gasteiger partial charge in [-0.25, -0.2) is 0 Å². The zero-order valence-corrected chi connectivity index (χ0v) is 64.1. The molecule has 568 valence electrons. The number of halogens is 6. The maximum absolute atomic E-state index is 12.7. The van der Waals surface area contributed by atoms with Gasteiger partial charge in [0.2, 0.25) is 0 Å². The van der Waals surface area contributed by atoms with E-state index in [1.807, 2.05) is 6.07 Å². The predicted octanol–water partition coefficient (Wildman–Crippen LogP) is 26.1. The van der Waals surface area contributed by atoms with Crippen LogP contribution in [0.15, 0.2) is 358 Å². The molecule has 0 spiro atoms. The van der Waals surface area contributed by atoms with Crippen molar-refractivity contribution in [3.05, 3.63) is 358 Å². The normalized spacial score (nSPS) is 13.5. The number of fused-ring (bicyclic) bond motifs is 12. The molecule has 17 aromatic carbocycles. The summed E-state index contributed by atoms with van der Waals surface area (Å²) in [5, 5.41) is 9.77. The van der Waals surface area contributed by atoms with E-state index < -0.39 is 42.8 Å². The molecule has 1 aliphatic rings. The predicted molar refractivity (Wildman–Crippen MR) is 455 cm³/mol. The maximum Gasteiger partial charge on any atom is 0.534 e. The van der Waals surface area contributed by atoms with Gasteiger partial charge in [0.25, 0.3) is 0 Å². The van der Waals surface area contributed by atoms with Crippen molar-refractivity contribution in [1.29, 1.82) is 0 Å². The summed E-state index contributed by atoms with van der Waals surface area (Å²) in [7, 11) is -12.3. The zero-order valence-electron chi connectivity index (χ0n) is 62.5. The largest absolute Gasteiger partial charge is 0.534 e. The van der Waals surface area contributed by atoms with Crippen LogP contribution in [0.2, 0.25) is 0 Å². The minimum absolute atomic E-state index is 0.0819. The van der Waals surface area contributed by atoms with Crippen molar-refractivity contribution in [2.24, 2.45) is 0 Å². The van der Waals surface area contributed by atoms with Gasteiger partial charge in [0.15, 0.2) is 0 Å². The second-order valence-electron chi connectivity index (χ2n) is 29.2. The van der Waals surface area contributed by atoms with Gasteiger partial charge in [-0.1, -0.05) is 279 Å². The van der Waals surface area contributed by atoms with Crippen molar-refractivity contribution in [2.45, 2.75) is 49.9 Å². The molecule has 1 heterocycles. The lowest BCUT2D eigenvalue weighted by molar-refractivity contribution is -0.0504. The highest BCUT2D eigenvalue weighted by Crippen LogP contribution is 2.44. The molecule has 0 aliphatic carbocycles. The molecule has 17 heteroatoms. The first-order chi connectivity index (χ1) is 55.2. The molecule has 1 aliphatic heterocycles. The summed E-state index contributed by atoms with van der Waals surface area (Å²) in [5.74, 6) is -1.42. The summed E-state index contributed by atoms with van der Waals surface area (Å²) in [6, 6.07) is 120. The Balaban J connectivity index is 0.000000140. The molecule has 0 atom stereocenters. The van der Waals surface area contributed by atoms with Crippen LogP contribution >= 0.6 is 0 Å². The van der Waals surface area contributed by atoms with Crippen LogP contribution in [0.5, 0.6) is 11.5 Å². The second-order valence-corrected chi connectivity index (χ2v) is 32.3. The van der Waals surface area contributed by atoms with E-state index in [0.29, 0.717) is 21.5 Å². The van der Waals surface area contributed by atoms with Crippen LogP contribution in [-0.2, 0) is 29.5 Å². The third kappa shape index (κ3) is 15.7. The Kier molecular flexibility index (Phi) is 20.4. The molecule has 17 aromatic rings. The smallest absolute Gasteiger partial charge is 0.399 e. The van der Waals surface area contributed by atoms with E-state index in [1.165, 1.54) is 133 Å². The highest BCUT2D eigenvalue weighted by atomic mass is 32.2. The van der Waals surface area contributed by atoms with Crippen molar-refractivity contribution in [1.82, 2.24) is 0 Å². The fourth-order valence-corrected chi connectivity index (χ4v) is 15.7. The Bertz CT molecular complexity index is 6480. The van der Waals surface area contributed by atoms with Crippen LogP contribution < -0.4 is 13.8 Å². The molecule has 0 saturated carbocycles. The highest BCUT2D eigenvalue weighted by Gasteiger charge is 2.52. The van der Waals surface area contributed by atoms with Crippen LogP contribution in [0.4, 0.5) is 26.3 Å². The molecule has 0 bridgehead atoms. The molecule has 1 fully saturated rings. The molecular weight excluding hydrogens is 1490 g/mol. The summed E-state index contributed by atoms with van der Waals surface area (Å²) in [5.41, 5.74) is 8.42. The van der Waals surface area contributed by atoms with Gasteiger partial charge in [0, 0.05) is 0 Å². The van der Waals surface area contributed by atoms with Crippen LogP contribution in [0.25, 0.3) is 154 Å². The summed E-state index contributed by atoms with van der Waals surface area (Å²) < 4.78 is 143. The van der Waals surface area contributed by atoms with Gasteiger partial charge in [0.1, 0.15) is 11.5 Å². The molecule has 0 unspecified atom stereocenters. The molecule has 18 rings (SSSR count). The van der Waals surface area contributed by atoms with Gasteiger partial charge in [-0.15, -0.1) is 0 Å². The minimum atomic E-state index is -5.99. The van der Waals surface area contributed by atoms with Crippen LogP contribution in [0.3, 0.4) is 0 Å². The summed E-state index contributed by atoms with van der Waals surface area (Å²) in [4.78, 5) is 0. The second kappa shape index (κ2) is 30.7. The van der Waals surface area contributed by atoms with Crippen molar-refractivity contribution < 1.29 is 60.9 Å². The number of hydrogen-bond donors (Lipinski definition) is 0. The van der Waals surface area contributed by atoms with E-state index in [2.05, 4.69) is 327 Å². The molecular formula is C98H71BF6O8S2. The molecule has 1 saturated heterocycles. The van der Waals surface area contributed by atoms with Crippen molar-refractivity contribution in [3.63, 3.8) is 0 Å². The minimum Gasteiger partial charge on any atom is -0.399 e. The fraction of sp³-hybridized carbons (Fsp3) is 0.0816. The maximum atomic E-state index is 12.7. The topological polar surface area (TPSA) is 105 Å². The van der Waals surface area contributed by atoms with E-state index in [0.717, 1.165) is 29.7 Å². The van der Waals surface area contributed by atoms with Gasteiger partial charge >= 0.3 is 38.4 Å². The average molecular weight is 1570 g/mol. The number of benzene rings is 17. The molecule has 115 heavy (non-hydrogen) atoms. The quantitative estimate of drug-likeness (QED) is 0.0370. The first-order valence-electron chi connectivity index (χ1n) is 37.1. The highest BCUT2D eigenvalue weighted by molar-refractivity contribution is 7.88. The summed E-state index contributed by atoms with van der Waals surface area (Å²) >= 11 is 0. The monoisotopic (exact) mass is 1560 g/mol. The SMILES string of the molecule is CC1(C)OB(c2cccc(-c3cccc(-c4ccccc4)c3)c2)OC1(C)C.O=S(=O)(Oc1ccc2c3ccccc3c3ccc(OS(=O)(=O)C(F)(F)F)cc3c2c1)C(F)(F)F.c1ccc(-c2cccc(-c3cccc(-c4ccc5c6ccccc6c6ccc(-c7cccc(-c8cccc(-c9ccccc9)c8)c7)cc6c5c4)c3)c2)cc1. The van der Waals surface area contributed by atoms with Gasteiger partial charge in [0.05, 0.1) is 11.2 Å². The number of rotatable bonds is 13. The van der Waals surface area contributed by atoms with E-state index in [1.54, 1.807) is 24.3 Å². The number of alkyl halides is 6. The van der Waals surface area contributed by atoms with Crippen LogP contribution in [-0.4, -0.2) is 46.2 Å². The van der Waals surface area contributed by atoms with E-state index >= 15 is 0 Å². The Morgan fingerprint density at radius 2 is 0.452 bits per heavy atom. The van der Waals surface area contributed by atoms with Crippen LogP contribution in [0.1, 0.15) is 27.7 Å². The Labute approximate surface area is 662 Å². The molecule has 0 N–H and O–H groups in total. The summed E-state index contributed by atoms with van der Waals surface area (Å²) in [6.07, 6.45) is 0. The number of hydrogen-bond acceptors (Lipinski definition) is 8. The van der Waals surface area contributed by atoms with Crippen LogP contribution in [0, 0.1) is 0 Å². The van der Waals surface area contributed by atoms with Gasteiger partial charge < -0.3 is 17.7 Å². The molecule has 0 radical (unpaired) electrons. The lowest BCUT2D eigenvalue weighted by Crippen LogP contribution is -2.41. The standard InChI is InChI=1S/C54H36.C24H25BO2.C20H10F6O6S2/c1-3-13-37(14-4-1)39-17-9-19-41(31-39)43-21-11-23-45(33-43)47-27-29-51-49-25-7-8-26-50(49)52-30-28-48(36-54(52)53(51)35-47)46-24-12-22-44(34-46)42-20-10-18-40(32-42)38-15-5-2-6-16-38;1-23(2)24(3,4)27-25(26-23)22-15-9-14-21(17-22)20-13-8-12-19(16-20)18-10-6-5-7-11-18;21-19(22,23)33(27,28)31-11-5-7-15-13-3-1-2-4-14(13)16-8-6-12(10-18(16)17(15)9-11)32-34(29,30)20(24,25)26/h1-36H;5-17H,1-4H3;1-10H. The van der Waals surface area contributed by atoms with Crippen molar-refractivity contribution >= 4 is 97.5 Å². The van der Waals surface area contributed by atoms with Gasteiger partial charge in [-0.3, -0.25) is 0 Å². The lowest BCUT2D eigenvalue weighted by atomic mass is 9.78.